The maximum Gasteiger partial charge on any atom is 0.0583 e. The fourth-order valence-electron chi connectivity index (χ4n) is 5.63. The van der Waals surface area contributed by atoms with E-state index in [9.17, 15) is 0 Å². The van der Waals surface area contributed by atoms with Crippen molar-refractivity contribution in [3.63, 3.8) is 0 Å². The van der Waals surface area contributed by atoms with Crippen molar-refractivity contribution in [2.45, 2.75) is 82.2 Å². The molecule has 3 aliphatic rings. The molecule has 132 valence electrons. The number of para-hydroxylation sites is 1. The van der Waals surface area contributed by atoms with E-state index in [4.69, 9.17) is 11.5 Å². The molecule has 2 bridgehead atoms. The summed E-state index contributed by atoms with van der Waals surface area (Å²) in [5, 5.41) is 0. The largest absolute Gasteiger partial charge is 0.397 e. The maximum absolute atomic E-state index is 6.29. The molecule has 2 aliphatic heterocycles. The van der Waals surface area contributed by atoms with E-state index in [0.717, 1.165) is 29.4 Å². The van der Waals surface area contributed by atoms with Gasteiger partial charge in [0.05, 0.1) is 11.4 Å². The van der Waals surface area contributed by atoms with Crippen LogP contribution in [0.5, 0.6) is 0 Å². The van der Waals surface area contributed by atoms with Crippen LogP contribution in [0.15, 0.2) is 18.2 Å². The first-order valence-corrected chi connectivity index (χ1v) is 10.1. The molecule has 24 heavy (non-hydrogen) atoms. The van der Waals surface area contributed by atoms with Crippen LogP contribution in [0.3, 0.4) is 0 Å². The summed E-state index contributed by atoms with van der Waals surface area (Å²) in [6.07, 6.45) is 14.1. The van der Waals surface area contributed by atoms with E-state index in [1.807, 2.05) is 6.07 Å². The van der Waals surface area contributed by atoms with Crippen LogP contribution in [0.4, 0.5) is 11.4 Å². The van der Waals surface area contributed by atoms with Gasteiger partial charge in [0.1, 0.15) is 0 Å². The van der Waals surface area contributed by atoms with Crippen molar-refractivity contribution < 1.29 is 0 Å². The van der Waals surface area contributed by atoms with Gasteiger partial charge in [0.15, 0.2) is 0 Å². The molecule has 1 aromatic carbocycles. The third kappa shape index (κ3) is 3.15. The van der Waals surface area contributed by atoms with E-state index in [1.54, 1.807) is 0 Å². The molecular formula is C21H33N3. The van der Waals surface area contributed by atoms with Gasteiger partial charge in [-0.25, -0.2) is 0 Å². The van der Waals surface area contributed by atoms with Crippen molar-refractivity contribution in [2.24, 2.45) is 5.92 Å². The highest BCUT2D eigenvalue weighted by Crippen LogP contribution is 2.45. The number of anilines is 2. The Morgan fingerprint density at radius 2 is 1.54 bits per heavy atom. The second-order valence-electron chi connectivity index (χ2n) is 8.46. The van der Waals surface area contributed by atoms with Gasteiger partial charge in [0, 0.05) is 18.6 Å². The molecule has 0 spiro atoms. The molecule has 0 radical (unpaired) electrons. The van der Waals surface area contributed by atoms with Crippen molar-refractivity contribution in [1.29, 1.82) is 0 Å². The van der Waals surface area contributed by atoms with Gasteiger partial charge in [0.25, 0.3) is 0 Å². The Morgan fingerprint density at radius 1 is 0.875 bits per heavy atom. The summed E-state index contributed by atoms with van der Waals surface area (Å²) in [7, 11) is 0. The molecule has 3 fully saturated rings. The first-order valence-electron chi connectivity index (χ1n) is 10.1. The zero-order chi connectivity index (χ0) is 16.5. The first-order chi connectivity index (χ1) is 11.7. The molecule has 0 aromatic heterocycles. The second kappa shape index (κ2) is 6.95. The highest BCUT2D eigenvalue weighted by molar-refractivity contribution is 5.68. The molecular weight excluding hydrogens is 294 g/mol. The Kier molecular flexibility index (Phi) is 4.71. The normalized spacial score (nSPS) is 31.9. The molecule has 2 saturated heterocycles. The standard InChI is InChI=1S/C21H33N3/c22-20-9-5-8-19(21(20)23)16-12-17-10-11-18(13-16)24(17)14-15-6-3-1-2-4-7-15/h5,8-9,15-18H,1-4,6-7,10-14,22-23H2. The summed E-state index contributed by atoms with van der Waals surface area (Å²) in [4.78, 5) is 2.88. The minimum absolute atomic E-state index is 0.608. The molecule has 4 N–H and O–H groups in total. The lowest BCUT2D eigenvalue weighted by molar-refractivity contribution is 0.102. The van der Waals surface area contributed by atoms with Crippen LogP contribution in [0.1, 0.15) is 75.7 Å². The Hall–Kier alpha value is -1.22. The number of benzene rings is 1. The molecule has 2 unspecified atom stereocenters. The fraction of sp³-hybridized carbons (Fsp3) is 0.714. The highest BCUT2D eigenvalue weighted by Gasteiger charge is 2.42. The van der Waals surface area contributed by atoms with Crippen molar-refractivity contribution in [3.05, 3.63) is 23.8 Å². The Bertz CT molecular complexity index is 548. The number of hydrogen-bond acceptors (Lipinski definition) is 3. The number of nitrogen functional groups attached to an aromatic ring is 2. The van der Waals surface area contributed by atoms with Gasteiger partial charge in [-0.2, -0.15) is 0 Å². The number of fused-ring (bicyclic) bond motifs is 2. The minimum Gasteiger partial charge on any atom is -0.397 e. The molecule has 1 saturated carbocycles. The first kappa shape index (κ1) is 16.3. The van der Waals surface area contributed by atoms with E-state index in [0.29, 0.717) is 5.92 Å². The van der Waals surface area contributed by atoms with Gasteiger partial charge in [-0.1, -0.05) is 37.8 Å². The fourth-order valence-corrected chi connectivity index (χ4v) is 5.63. The van der Waals surface area contributed by atoms with Gasteiger partial charge < -0.3 is 11.5 Å². The predicted molar refractivity (Wildman–Crippen MR) is 102 cm³/mol. The molecule has 1 aliphatic carbocycles. The number of rotatable bonds is 3. The lowest BCUT2D eigenvalue weighted by Gasteiger charge is -2.41. The summed E-state index contributed by atoms with van der Waals surface area (Å²) in [6, 6.07) is 7.75. The Balaban J connectivity index is 1.44. The topological polar surface area (TPSA) is 55.3 Å². The lowest BCUT2D eigenvalue weighted by atomic mass is 9.83. The third-order valence-corrected chi connectivity index (χ3v) is 6.94. The molecule has 3 nitrogen and oxygen atoms in total. The summed E-state index contributed by atoms with van der Waals surface area (Å²) in [6.45, 7) is 1.36. The van der Waals surface area contributed by atoms with Gasteiger partial charge in [-0.15, -0.1) is 0 Å². The van der Waals surface area contributed by atoms with Crippen LogP contribution in [-0.2, 0) is 0 Å². The monoisotopic (exact) mass is 327 g/mol. The van der Waals surface area contributed by atoms with Crippen LogP contribution in [0, 0.1) is 5.92 Å². The van der Waals surface area contributed by atoms with Gasteiger partial charge in [-0.3, -0.25) is 4.90 Å². The van der Waals surface area contributed by atoms with Gasteiger partial charge in [-0.05, 0) is 62.0 Å². The molecule has 2 heterocycles. The van der Waals surface area contributed by atoms with E-state index in [-0.39, 0.29) is 0 Å². The summed E-state index contributed by atoms with van der Waals surface area (Å²) < 4.78 is 0. The van der Waals surface area contributed by atoms with E-state index < -0.39 is 0 Å². The smallest absolute Gasteiger partial charge is 0.0583 e. The third-order valence-electron chi connectivity index (χ3n) is 6.94. The molecule has 2 atom stereocenters. The summed E-state index contributed by atoms with van der Waals surface area (Å²) >= 11 is 0. The van der Waals surface area contributed by atoms with Crippen molar-refractivity contribution in [1.82, 2.24) is 4.90 Å². The van der Waals surface area contributed by atoms with Crippen LogP contribution in [0.25, 0.3) is 0 Å². The minimum atomic E-state index is 0.608. The van der Waals surface area contributed by atoms with Crippen LogP contribution in [-0.4, -0.2) is 23.5 Å². The lowest BCUT2D eigenvalue weighted by Crippen LogP contribution is -2.44. The number of nitrogens with zero attached hydrogens (tertiary/aromatic N) is 1. The quantitative estimate of drug-likeness (QED) is 0.633. The zero-order valence-electron chi connectivity index (χ0n) is 14.9. The Morgan fingerprint density at radius 3 is 2.21 bits per heavy atom. The van der Waals surface area contributed by atoms with Crippen molar-refractivity contribution >= 4 is 11.4 Å². The van der Waals surface area contributed by atoms with Gasteiger partial charge >= 0.3 is 0 Å². The highest BCUT2D eigenvalue weighted by atomic mass is 15.2. The van der Waals surface area contributed by atoms with E-state index in [2.05, 4.69) is 17.0 Å². The average molecular weight is 328 g/mol. The Labute approximate surface area is 146 Å². The van der Waals surface area contributed by atoms with Crippen LogP contribution < -0.4 is 11.5 Å². The molecule has 0 amide bonds. The average Bonchev–Trinajstić information content (AvgIpc) is 2.79. The number of nitrogens with two attached hydrogens (primary N) is 2. The molecule has 1 aromatic rings. The van der Waals surface area contributed by atoms with Gasteiger partial charge in [0.2, 0.25) is 0 Å². The molecule has 3 heteroatoms. The molecule has 4 rings (SSSR count). The second-order valence-corrected chi connectivity index (χ2v) is 8.46. The number of piperidine rings is 1. The summed E-state index contributed by atoms with van der Waals surface area (Å²) in [5.74, 6) is 1.56. The van der Waals surface area contributed by atoms with Crippen molar-refractivity contribution in [3.8, 4) is 0 Å². The number of hydrogen-bond donors (Lipinski definition) is 2. The van der Waals surface area contributed by atoms with E-state index in [1.165, 1.54) is 76.3 Å². The maximum atomic E-state index is 6.29. The van der Waals surface area contributed by atoms with E-state index >= 15 is 0 Å². The predicted octanol–water partition coefficient (Wildman–Crippen LogP) is 4.53. The van der Waals surface area contributed by atoms with Crippen LogP contribution in [0.2, 0.25) is 0 Å². The van der Waals surface area contributed by atoms with Crippen LogP contribution >= 0.6 is 0 Å². The van der Waals surface area contributed by atoms with Crippen molar-refractivity contribution in [2.75, 3.05) is 18.0 Å². The SMILES string of the molecule is Nc1cccc(C2CC3CCC(C2)N3CC2CCCCCC2)c1N. The zero-order valence-corrected chi connectivity index (χ0v) is 14.9. The summed E-state index contributed by atoms with van der Waals surface area (Å²) in [5.41, 5.74) is 15.2.